The van der Waals surface area contributed by atoms with Gasteiger partial charge in [0.15, 0.2) is 0 Å². The molecule has 0 radical (unpaired) electrons. The van der Waals surface area contributed by atoms with Gasteiger partial charge < -0.3 is 19.1 Å². The summed E-state index contributed by atoms with van der Waals surface area (Å²) in [5.74, 6) is 0.572. The van der Waals surface area contributed by atoms with Gasteiger partial charge in [-0.3, -0.25) is 0 Å². The van der Waals surface area contributed by atoms with Gasteiger partial charge in [0.05, 0.1) is 30.7 Å². The van der Waals surface area contributed by atoms with Crippen molar-refractivity contribution in [1.82, 2.24) is 14.9 Å². The summed E-state index contributed by atoms with van der Waals surface area (Å²) in [6, 6.07) is 0. The second kappa shape index (κ2) is 9.68. The van der Waals surface area contributed by atoms with E-state index in [0.29, 0.717) is 23.6 Å². The first-order chi connectivity index (χ1) is 13.0. The lowest BCUT2D eigenvalue weighted by Crippen LogP contribution is -2.43. The van der Waals surface area contributed by atoms with Crippen molar-refractivity contribution < 1.29 is 19.0 Å². The molecule has 27 heavy (non-hydrogen) atoms. The van der Waals surface area contributed by atoms with Gasteiger partial charge in [-0.25, -0.2) is 14.8 Å². The molecule has 0 bridgehead atoms. The molecule has 0 spiro atoms. The molecular formula is C19H28BrN3O4. The number of piperidine rings is 1. The molecule has 2 fully saturated rings. The van der Waals surface area contributed by atoms with Crippen LogP contribution in [0.1, 0.15) is 52.4 Å². The van der Waals surface area contributed by atoms with Crippen LogP contribution in [0.25, 0.3) is 0 Å². The average Bonchev–Trinajstić information content (AvgIpc) is 2.65. The van der Waals surface area contributed by atoms with Gasteiger partial charge in [-0.2, -0.15) is 0 Å². The predicted octanol–water partition coefficient (Wildman–Crippen LogP) is 3.96. The highest BCUT2D eigenvalue weighted by Gasteiger charge is 2.29. The number of amides is 1. The smallest absolute Gasteiger partial charge is 0.410 e. The van der Waals surface area contributed by atoms with Crippen LogP contribution in [0.5, 0.6) is 5.88 Å². The Bertz CT molecular complexity index is 597. The van der Waals surface area contributed by atoms with Crippen molar-refractivity contribution in [3.05, 3.63) is 17.0 Å². The molecule has 0 N–H and O–H groups in total. The Kier molecular flexibility index (Phi) is 7.29. The van der Waals surface area contributed by atoms with E-state index in [4.69, 9.17) is 14.2 Å². The van der Waals surface area contributed by atoms with Crippen LogP contribution in [-0.2, 0) is 9.47 Å². The van der Waals surface area contributed by atoms with Crippen LogP contribution in [-0.4, -0.2) is 58.5 Å². The first kappa shape index (κ1) is 20.3. The fourth-order valence-electron chi connectivity index (χ4n) is 3.54. The van der Waals surface area contributed by atoms with Crippen molar-refractivity contribution in [2.24, 2.45) is 0 Å². The quantitative estimate of drug-likeness (QED) is 0.688. The molecule has 1 saturated carbocycles. The zero-order chi connectivity index (χ0) is 19.2. The van der Waals surface area contributed by atoms with Gasteiger partial charge in [-0.1, -0.05) is 0 Å². The number of rotatable bonds is 5. The van der Waals surface area contributed by atoms with Crippen molar-refractivity contribution in [1.29, 1.82) is 0 Å². The number of hydrogen-bond donors (Lipinski definition) is 0. The van der Waals surface area contributed by atoms with Gasteiger partial charge in [0.1, 0.15) is 10.7 Å². The molecule has 7 nitrogen and oxygen atoms in total. The van der Waals surface area contributed by atoms with Gasteiger partial charge >= 0.3 is 6.09 Å². The zero-order valence-electron chi connectivity index (χ0n) is 16.0. The van der Waals surface area contributed by atoms with Gasteiger partial charge in [-0.15, -0.1) is 0 Å². The number of carbonyl (C=O) groups is 1. The highest BCUT2D eigenvalue weighted by molar-refractivity contribution is 9.10. The Labute approximate surface area is 168 Å². The normalized spacial score (nSPS) is 24.1. The molecular weight excluding hydrogens is 414 g/mol. The summed E-state index contributed by atoms with van der Waals surface area (Å²) in [6.07, 6.45) is 9.33. The Balaban J connectivity index is 1.35. The predicted molar refractivity (Wildman–Crippen MR) is 104 cm³/mol. The maximum Gasteiger partial charge on any atom is 0.410 e. The molecule has 0 unspecified atom stereocenters. The molecule has 0 atom stereocenters. The summed E-state index contributed by atoms with van der Waals surface area (Å²) in [5.41, 5.74) is 0. The van der Waals surface area contributed by atoms with E-state index >= 15 is 0 Å². The maximum atomic E-state index is 11.9. The third-order valence-electron chi connectivity index (χ3n) is 4.93. The van der Waals surface area contributed by atoms with Crippen molar-refractivity contribution in [3.63, 3.8) is 0 Å². The lowest BCUT2D eigenvalue weighted by Gasteiger charge is -2.35. The van der Waals surface area contributed by atoms with Crippen molar-refractivity contribution in [2.45, 2.75) is 76.8 Å². The summed E-state index contributed by atoms with van der Waals surface area (Å²) >= 11 is 3.27. The summed E-state index contributed by atoms with van der Waals surface area (Å²) < 4.78 is 18.2. The highest BCUT2D eigenvalue weighted by Crippen LogP contribution is 2.27. The zero-order valence-corrected chi connectivity index (χ0v) is 17.6. The fraction of sp³-hybridized carbons (Fsp3) is 0.737. The van der Waals surface area contributed by atoms with Crippen LogP contribution in [0.4, 0.5) is 4.79 Å². The van der Waals surface area contributed by atoms with E-state index in [1.54, 1.807) is 17.3 Å². The molecule has 1 aliphatic carbocycles. The first-order valence-electron chi connectivity index (χ1n) is 9.75. The standard InChI is InChI=1S/C19H28BrN3O4/c1-13(2)25-19(24)23-9-7-16(8-10-23)26-14-3-5-15(6-4-14)27-18-12-21-17(20)11-22-18/h11-16H,3-10H2,1-2H3. The largest absolute Gasteiger partial charge is 0.473 e. The monoisotopic (exact) mass is 441 g/mol. The van der Waals surface area contributed by atoms with E-state index in [1.165, 1.54) is 0 Å². The molecule has 150 valence electrons. The average molecular weight is 442 g/mol. The van der Waals surface area contributed by atoms with Crippen LogP contribution in [0.2, 0.25) is 0 Å². The van der Waals surface area contributed by atoms with Crippen LogP contribution in [0, 0.1) is 0 Å². The third-order valence-corrected chi connectivity index (χ3v) is 5.34. The molecule has 1 aromatic rings. The SMILES string of the molecule is CC(C)OC(=O)N1CCC(OC2CCC(Oc3cnc(Br)cn3)CC2)CC1. The van der Waals surface area contributed by atoms with Gasteiger partial charge in [0.25, 0.3) is 0 Å². The van der Waals surface area contributed by atoms with Crippen molar-refractivity contribution in [2.75, 3.05) is 13.1 Å². The molecule has 1 aliphatic heterocycles. The maximum absolute atomic E-state index is 11.9. The lowest BCUT2D eigenvalue weighted by atomic mass is 9.94. The molecule has 1 amide bonds. The van der Waals surface area contributed by atoms with Crippen LogP contribution in [0.15, 0.2) is 17.0 Å². The van der Waals surface area contributed by atoms with Crippen molar-refractivity contribution >= 4 is 22.0 Å². The summed E-state index contributed by atoms with van der Waals surface area (Å²) in [6.45, 7) is 5.15. The summed E-state index contributed by atoms with van der Waals surface area (Å²) in [4.78, 5) is 22.1. The second-order valence-electron chi connectivity index (χ2n) is 7.45. The highest BCUT2D eigenvalue weighted by atomic mass is 79.9. The third kappa shape index (κ3) is 6.31. The number of nitrogens with zero attached hydrogens (tertiary/aromatic N) is 3. The molecule has 3 rings (SSSR count). The van der Waals surface area contributed by atoms with E-state index in [1.807, 2.05) is 13.8 Å². The van der Waals surface area contributed by atoms with E-state index < -0.39 is 0 Å². The summed E-state index contributed by atoms with van der Waals surface area (Å²) in [7, 11) is 0. The minimum atomic E-state index is -0.211. The second-order valence-corrected chi connectivity index (χ2v) is 8.26. The number of halogens is 1. The minimum absolute atomic E-state index is 0.0766. The Morgan fingerprint density at radius 2 is 1.67 bits per heavy atom. The van der Waals surface area contributed by atoms with Gasteiger partial charge in [0, 0.05) is 13.1 Å². The number of ether oxygens (including phenoxy) is 3. The van der Waals surface area contributed by atoms with Gasteiger partial charge in [-0.05, 0) is 68.3 Å². The fourth-order valence-corrected chi connectivity index (χ4v) is 3.75. The molecule has 2 aliphatic rings. The number of likely N-dealkylation sites (tertiary alicyclic amines) is 1. The summed E-state index contributed by atoms with van der Waals surface area (Å²) in [5, 5.41) is 0. The Hall–Kier alpha value is -1.41. The lowest BCUT2D eigenvalue weighted by molar-refractivity contribution is -0.0659. The van der Waals surface area contributed by atoms with Crippen LogP contribution >= 0.6 is 15.9 Å². The topological polar surface area (TPSA) is 73.8 Å². The van der Waals surface area contributed by atoms with Crippen LogP contribution < -0.4 is 4.74 Å². The van der Waals surface area contributed by atoms with Crippen molar-refractivity contribution in [3.8, 4) is 5.88 Å². The molecule has 1 aromatic heterocycles. The number of hydrogen-bond acceptors (Lipinski definition) is 6. The molecule has 8 heteroatoms. The Morgan fingerprint density at radius 1 is 1.04 bits per heavy atom. The van der Waals surface area contributed by atoms with E-state index in [0.717, 1.165) is 38.5 Å². The molecule has 1 saturated heterocycles. The van der Waals surface area contributed by atoms with E-state index in [9.17, 15) is 4.79 Å². The van der Waals surface area contributed by atoms with E-state index in [2.05, 4.69) is 25.9 Å². The first-order valence-corrected chi connectivity index (χ1v) is 10.5. The van der Waals surface area contributed by atoms with E-state index in [-0.39, 0.29) is 30.5 Å². The van der Waals surface area contributed by atoms with Gasteiger partial charge in [0.2, 0.25) is 5.88 Å². The Morgan fingerprint density at radius 3 is 2.26 bits per heavy atom. The van der Waals surface area contributed by atoms with Crippen LogP contribution in [0.3, 0.4) is 0 Å². The molecule has 0 aromatic carbocycles. The minimum Gasteiger partial charge on any atom is -0.473 e. The number of carbonyl (C=O) groups excluding carboxylic acids is 1. The number of aromatic nitrogens is 2. The molecule has 2 heterocycles.